The fourth-order valence-electron chi connectivity index (χ4n) is 4.63. The van der Waals surface area contributed by atoms with Crippen LogP contribution in [-0.4, -0.2) is 34.7 Å². The minimum atomic E-state index is -0.317. The predicted octanol–water partition coefficient (Wildman–Crippen LogP) is 2.94. The van der Waals surface area contributed by atoms with Crippen LogP contribution in [0.15, 0.2) is 0 Å². The molecule has 0 aromatic heterocycles. The molecule has 1 N–H and O–H groups in total. The van der Waals surface area contributed by atoms with Gasteiger partial charge >= 0.3 is 0 Å². The van der Waals surface area contributed by atoms with Crippen LogP contribution in [0.3, 0.4) is 0 Å². The topological polar surface area (TPSA) is 23.5 Å². The summed E-state index contributed by atoms with van der Waals surface area (Å²) >= 11 is 0. The number of fused-ring (bicyclic) bond motifs is 2. The number of nitrogens with zero attached hydrogens (tertiary/aromatic N) is 1. The van der Waals surface area contributed by atoms with Crippen LogP contribution < -0.4 is 0 Å². The van der Waals surface area contributed by atoms with Gasteiger partial charge in [-0.15, -0.1) is 0 Å². The van der Waals surface area contributed by atoms with Crippen LogP contribution >= 0.6 is 0 Å². The average Bonchev–Trinajstić information content (AvgIpc) is 2.58. The van der Waals surface area contributed by atoms with Gasteiger partial charge in [0.2, 0.25) is 0 Å². The number of rotatable bonds is 1. The third-order valence-corrected chi connectivity index (χ3v) is 5.78. The molecule has 0 radical (unpaired) electrons. The average molecular weight is 237 g/mol. The Morgan fingerprint density at radius 2 is 1.41 bits per heavy atom. The zero-order valence-corrected chi connectivity index (χ0v) is 11.2. The third-order valence-electron chi connectivity index (χ3n) is 5.78. The summed E-state index contributed by atoms with van der Waals surface area (Å²) < 4.78 is 0. The molecule has 3 rings (SSSR count). The Balaban J connectivity index is 1.73. The Morgan fingerprint density at radius 1 is 0.882 bits per heavy atom. The second-order valence-electron chi connectivity index (χ2n) is 6.75. The summed E-state index contributed by atoms with van der Waals surface area (Å²) in [6.07, 6.45) is 12.7. The molecule has 2 aliphatic heterocycles. The SMILES string of the molecule is CN1C2CCC1CC(O)(C1CCCCCC1)C2. The zero-order valence-electron chi connectivity index (χ0n) is 11.2. The lowest BCUT2D eigenvalue weighted by Gasteiger charge is -2.46. The van der Waals surface area contributed by atoms with Crippen LogP contribution in [0.25, 0.3) is 0 Å². The largest absolute Gasteiger partial charge is 0.389 e. The highest BCUT2D eigenvalue weighted by Gasteiger charge is 2.49. The van der Waals surface area contributed by atoms with Gasteiger partial charge in [0.1, 0.15) is 0 Å². The maximum Gasteiger partial charge on any atom is 0.0705 e. The Labute approximate surface area is 105 Å². The van der Waals surface area contributed by atoms with Gasteiger partial charge in [-0.25, -0.2) is 0 Å². The smallest absolute Gasteiger partial charge is 0.0705 e. The first-order valence-corrected chi connectivity index (χ1v) is 7.63. The zero-order chi connectivity index (χ0) is 11.9. The van der Waals surface area contributed by atoms with Crippen molar-refractivity contribution in [2.75, 3.05) is 7.05 Å². The summed E-state index contributed by atoms with van der Waals surface area (Å²) in [6, 6.07) is 1.34. The first-order chi connectivity index (χ1) is 8.19. The number of aliphatic hydroxyl groups is 1. The van der Waals surface area contributed by atoms with E-state index in [1.165, 1.54) is 51.4 Å². The van der Waals surface area contributed by atoms with Crippen molar-refractivity contribution >= 4 is 0 Å². The fourth-order valence-corrected chi connectivity index (χ4v) is 4.63. The Kier molecular flexibility index (Phi) is 3.20. The molecule has 2 unspecified atom stereocenters. The number of hydrogen-bond donors (Lipinski definition) is 1. The van der Waals surface area contributed by atoms with Crippen LogP contribution in [0, 0.1) is 5.92 Å². The van der Waals surface area contributed by atoms with E-state index in [1.54, 1.807) is 0 Å². The van der Waals surface area contributed by atoms with Crippen molar-refractivity contribution < 1.29 is 5.11 Å². The summed E-state index contributed by atoms with van der Waals surface area (Å²) in [6.45, 7) is 0. The molecule has 17 heavy (non-hydrogen) atoms. The molecule has 98 valence electrons. The highest BCUT2D eigenvalue weighted by Crippen LogP contribution is 2.46. The molecule has 0 aromatic carbocycles. The van der Waals surface area contributed by atoms with Crippen molar-refractivity contribution in [1.82, 2.24) is 4.90 Å². The van der Waals surface area contributed by atoms with Crippen LogP contribution in [0.2, 0.25) is 0 Å². The summed E-state index contributed by atoms with van der Waals surface area (Å²) in [4.78, 5) is 2.53. The van der Waals surface area contributed by atoms with E-state index in [0.29, 0.717) is 18.0 Å². The van der Waals surface area contributed by atoms with E-state index in [4.69, 9.17) is 0 Å². The Morgan fingerprint density at radius 3 is 1.94 bits per heavy atom. The molecule has 3 aliphatic rings. The lowest BCUT2D eigenvalue weighted by molar-refractivity contribution is -0.0898. The van der Waals surface area contributed by atoms with Gasteiger partial charge in [0.25, 0.3) is 0 Å². The van der Waals surface area contributed by atoms with E-state index in [2.05, 4.69) is 11.9 Å². The van der Waals surface area contributed by atoms with Crippen molar-refractivity contribution in [2.24, 2.45) is 5.92 Å². The second kappa shape index (κ2) is 4.55. The second-order valence-corrected chi connectivity index (χ2v) is 6.75. The molecule has 0 amide bonds. The fraction of sp³-hybridized carbons (Fsp3) is 1.00. The van der Waals surface area contributed by atoms with Gasteiger partial charge in [-0.3, -0.25) is 0 Å². The monoisotopic (exact) mass is 237 g/mol. The predicted molar refractivity (Wildman–Crippen MR) is 69.9 cm³/mol. The minimum Gasteiger partial charge on any atom is -0.389 e. The molecule has 0 aromatic rings. The first-order valence-electron chi connectivity index (χ1n) is 7.63. The highest BCUT2D eigenvalue weighted by atomic mass is 16.3. The molecule has 2 nitrogen and oxygen atoms in total. The van der Waals surface area contributed by atoms with Crippen molar-refractivity contribution in [3.63, 3.8) is 0 Å². The molecule has 2 heteroatoms. The quantitative estimate of drug-likeness (QED) is 0.709. The van der Waals surface area contributed by atoms with Crippen molar-refractivity contribution in [1.29, 1.82) is 0 Å². The van der Waals surface area contributed by atoms with Gasteiger partial charge < -0.3 is 10.0 Å². The van der Waals surface area contributed by atoms with E-state index in [1.807, 2.05) is 0 Å². The van der Waals surface area contributed by atoms with Gasteiger partial charge in [-0.1, -0.05) is 25.7 Å². The summed E-state index contributed by atoms with van der Waals surface area (Å²) in [7, 11) is 2.26. The lowest BCUT2D eigenvalue weighted by Crippen LogP contribution is -2.52. The van der Waals surface area contributed by atoms with Crippen LogP contribution in [0.1, 0.15) is 64.2 Å². The first kappa shape index (κ1) is 12.0. The van der Waals surface area contributed by atoms with E-state index >= 15 is 0 Å². The molecule has 2 bridgehead atoms. The van der Waals surface area contributed by atoms with Gasteiger partial charge in [-0.05, 0) is 51.5 Å². The molecule has 2 atom stereocenters. The van der Waals surface area contributed by atoms with Crippen LogP contribution in [0.5, 0.6) is 0 Å². The van der Waals surface area contributed by atoms with Crippen LogP contribution in [-0.2, 0) is 0 Å². The molecule has 3 fully saturated rings. The Bertz CT molecular complexity index is 256. The lowest BCUT2D eigenvalue weighted by atomic mass is 9.73. The maximum absolute atomic E-state index is 11.1. The molecule has 2 saturated heterocycles. The van der Waals surface area contributed by atoms with E-state index in [0.717, 1.165) is 12.8 Å². The van der Waals surface area contributed by atoms with E-state index in [9.17, 15) is 5.11 Å². The van der Waals surface area contributed by atoms with Gasteiger partial charge in [0, 0.05) is 12.1 Å². The van der Waals surface area contributed by atoms with Gasteiger partial charge in [-0.2, -0.15) is 0 Å². The third kappa shape index (κ3) is 2.15. The van der Waals surface area contributed by atoms with E-state index < -0.39 is 0 Å². The number of hydrogen-bond acceptors (Lipinski definition) is 2. The van der Waals surface area contributed by atoms with Crippen molar-refractivity contribution in [2.45, 2.75) is 81.9 Å². The molecule has 2 heterocycles. The highest BCUT2D eigenvalue weighted by molar-refractivity contribution is 5.03. The van der Waals surface area contributed by atoms with Crippen molar-refractivity contribution in [3.8, 4) is 0 Å². The molecular weight excluding hydrogens is 210 g/mol. The molecular formula is C15H27NO. The molecule has 1 aliphatic carbocycles. The normalized spacial score (nSPS) is 44.8. The standard InChI is InChI=1S/C15H27NO/c1-16-13-8-9-14(16)11-15(17,10-13)12-6-4-2-3-5-7-12/h12-14,17H,2-11H2,1H3. The van der Waals surface area contributed by atoms with Gasteiger partial charge in [0.05, 0.1) is 5.60 Å². The number of piperidine rings is 1. The van der Waals surface area contributed by atoms with E-state index in [-0.39, 0.29) is 5.60 Å². The summed E-state index contributed by atoms with van der Waals surface area (Å²) in [5, 5.41) is 11.1. The Hall–Kier alpha value is -0.0800. The summed E-state index contributed by atoms with van der Waals surface area (Å²) in [5.74, 6) is 0.599. The molecule has 1 saturated carbocycles. The van der Waals surface area contributed by atoms with Crippen LogP contribution in [0.4, 0.5) is 0 Å². The minimum absolute atomic E-state index is 0.317. The maximum atomic E-state index is 11.1. The van der Waals surface area contributed by atoms with Gasteiger partial charge in [0.15, 0.2) is 0 Å². The summed E-state index contributed by atoms with van der Waals surface area (Å²) in [5.41, 5.74) is -0.317. The molecule has 0 spiro atoms. The van der Waals surface area contributed by atoms with Crippen molar-refractivity contribution in [3.05, 3.63) is 0 Å².